The summed E-state index contributed by atoms with van der Waals surface area (Å²) in [5.41, 5.74) is 4.49. The molecule has 1 fully saturated rings. The first-order chi connectivity index (χ1) is 11.3. The second kappa shape index (κ2) is 6.08. The molecule has 2 aromatic heterocycles. The summed E-state index contributed by atoms with van der Waals surface area (Å²) < 4.78 is 1.06. The molecule has 1 aliphatic rings. The number of benzene rings is 1. The number of fused-ring (bicyclic) bond motifs is 1. The number of hydrogen-bond acceptors (Lipinski definition) is 4. The molecule has 0 spiro atoms. The molecule has 4 rings (SSSR count). The number of pyridine rings is 1. The van der Waals surface area contributed by atoms with Crippen LogP contribution < -0.4 is 0 Å². The maximum Gasteiger partial charge on any atom is 0.254 e. The molecule has 23 heavy (non-hydrogen) atoms. The van der Waals surface area contributed by atoms with Gasteiger partial charge < -0.3 is 4.90 Å². The van der Waals surface area contributed by atoms with Crippen LogP contribution in [0.4, 0.5) is 0 Å². The Hall–Kier alpha value is -2.27. The van der Waals surface area contributed by atoms with Crippen LogP contribution in [0.1, 0.15) is 41.4 Å². The van der Waals surface area contributed by atoms with Crippen molar-refractivity contribution in [2.75, 3.05) is 6.54 Å². The molecular formula is C18H17N3OS. The van der Waals surface area contributed by atoms with Crippen molar-refractivity contribution in [2.45, 2.75) is 25.3 Å². The van der Waals surface area contributed by atoms with E-state index in [0.717, 1.165) is 47.3 Å². The number of rotatable bonds is 2. The number of aromatic nitrogens is 2. The second-order valence-corrected chi connectivity index (χ2v) is 6.69. The highest BCUT2D eigenvalue weighted by Gasteiger charge is 2.29. The molecule has 1 amide bonds. The molecule has 0 aliphatic carbocycles. The van der Waals surface area contributed by atoms with Crippen LogP contribution in [-0.4, -0.2) is 27.3 Å². The normalized spacial score (nSPS) is 18.3. The quantitative estimate of drug-likeness (QED) is 0.714. The predicted molar refractivity (Wildman–Crippen MR) is 91.5 cm³/mol. The van der Waals surface area contributed by atoms with Crippen molar-refractivity contribution in [3.63, 3.8) is 0 Å². The molecule has 116 valence electrons. The molecule has 1 atom stereocenters. The van der Waals surface area contributed by atoms with Crippen LogP contribution in [0.2, 0.25) is 0 Å². The molecule has 1 saturated heterocycles. The largest absolute Gasteiger partial charge is 0.330 e. The minimum Gasteiger partial charge on any atom is -0.330 e. The van der Waals surface area contributed by atoms with Crippen LogP contribution in [0.15, 0.2) is 48.1 Å². The maximum atomic E-state index is 13.0. The molecule has 0 radical (unpaired) electrons. The SMILES string of the molecule is O=C(c1ccc2ncsc2c1)N1CCCC[C@H]1c1ccccn1. The highest BCUT2D eigenvalue weighted by atomic mass is 32.1. The van der Waals surface area contributed by atoms with Crippen molar-refractivity contribution in [2.24, 2.45) is 0 Å². The number of carbonyl (C=O) groups excluding carboxylic acids is 1. The number of piperidine rings is 1. The highest BCUT2D eigenvalue weighted by molar-refractivity contribution is 7.16. The third kappa shape index (κ3) is 2.72. The lowest BCUT2D eigenvalue weighted by molar-refractivity contribution is 0.0606. The lowest BCUT2D eigenvalue weighted by Crippen LogP contribution is -2.38. The summed E-state index contributed by atoms with van der Waals surface area (Å²) in [5, 5.41) is 0. The van der Waals surface area contributed by atoms with Gasteiger partial charge >= 0.3 is 0 Å². The molecule has 0 saturated carbocycles. The Morgan fingerprint density at radius 2 is 2.13 bits per heavy atom. The average Bonchev–Trinajstić information content (AvgIpc) is 3.09. The van der Waals surface area contributed by atoms with Crippen LogP contribution >= 0.6 is 11.3 Å². The molecule has 1 aliphatic heterocycles. The molecular weight excluding hydrogens is 306 g/mol. The average molecular weight is 323 g/mol. The lowest BCUT2D eigenvalue weighted by atomic mass is 9.97. The van der Waals surface area contributed by atoms with Gasteiger partial charge in [-0.15, -0.1) is 11.3 Å². The number of carbonyl (C=O) groups is 1. The van der Waals surface area contributed by atoms with E-state index in [-0.39, 0.29) is 11.9 Å². The van der Waals surface area contributed by atoms with E-state index in [0.29, 0.717) is 0 Å². The summed E-state index contributed by atoms with van der Waals surface area (Å²) in [5.74, 6) is 0.0932. The fourth-order valence-electron chi connectivity index (χ4n) is 3.21. The van der Waals surface area contributed by atoms with E-state index in [9.17, 15) is 4.79 Å². The lowest BCUT2D eigenvalue weighted by Gasteiger charge is -2.35. The van der Waals surface area contributed by atoms with E-state index >= 15 is 0 Å². The number of thiazole rings is 1. The Labute approximate surface area is 138 Å². The van der Waals surface area contributed by atoms with Gasteiger partial charge in [-0.1, -0.05) is 6.07 Å². The van der Waals surface area contributed by atoms with Crippen molar-refractivity contribution >= 4 is 27.5 Å². The van der Waals surface area contributed by atoms with Gasteiger partial charge in [0.25, 0.3) is 5.91 Å². The fraction of sp³-hybridized carbons (Fsp3) is 0.278. The monoisotopic (exact) mass is 323 g/mol. The van der Waals surface area contributed by atoms with E-state index in [1.54, 1.807) is 17.5 Å². The van der Waals surface area contributed by atoms with Gasteiger partial charge in [-0.05, 0) is 49.6 Å². The molecule has 1 aromatic carbocycles. The van der Waals surface area contributed by atoms with E-state index in [1.165, 1.54) is 0 Å². The van der Waals surface area contributed by atoms with E-state index in [2.05, 4.69) is 9.97 Å². The first-order valence-electron chi connectivity index (χ1n) is 7.88. The smallest absolute Gasteiger partial charge is 0.254 e. The summed E-state index contributed by atoms with van der Waals surface area (Å²) in [7, 11) is 0. The third-order valence-corrected chi connectivity index (χ3v) is 5.16. The molecule has 3 aromatic rings. The van der Waals surface area contributed by atoms with Crippen LogP contribution in [0.5, 0.6) is 0 Å². The Bertz CT molecular complexity index is 830. The first-order valence-corrected chi connectivity index (χ1v) is 8.76. The molecule has 3 heterocycles. The van der Waals surface area contributed by atoms with Gasteiger partial charge in [0, 0.05) is 18.3 Å². The summed E-state index contributed by atoms with van der Waals surface area (Å²) >= 11 is 1.57. The fourth-order valence-corrected chi connectivity index (χ4v) is 3.93. The second-order valence-electron chi connectivity index (χ2n) is 5.80. The Morgan fingerprint density at radius 3 is 3.00 bits per heavy atom. The van der Waals surface area contributed by atoms with Crippen LogP contribution in [-0.2, 0) is 0 Å². The van der Waals surface area contributed by atoms with Gasteiger partial charge in [-0.25, -0.2) is 4.98 Å². The molecule has 0 N–H and O–H groups in total. The summed E-state index contributed by atoms with van der Waals surface area (Å²) in [6.07, 6.45) is 4.97. The zero-order chi connectivity index (χ0) is 15.6. The maximum absolute atomic E-state index is 13.0. The minimum atomic E-state index is 0.0783. The van der Waals surface area contributed by atoms with Crippen molar-refractivity contribution < 1.29 is 4.79 Å². The first kappa shape index (κ1) is 14.3. The summed E-state index contributed by atoms with van der Waals surface area (Å²) in [6, 6.07) is 11.8. The summed E-state index contributed by atoms with van der Waals surface area (Å²) in [6.45, 7) is 0.792. The van der Waals surface area contributed by atoms with Crippen molar-refractivity contribution in [1.29, 1.82) is 0 Å². The summed E-state index contributed by atoms with van der Waals surface area (Å²) in [4.78, 5) is 23.8. The minimum absolute atomic E-state index is 0.0783. The van der Waals surface area contributed by atoms with Gasteiger partial charge in [0.1, 0.15) is 0 Å². The zero-order valence-corrected chi connectivity index (χ0v) is 13.5. The van der Waals surface area contributed by atoms with E-state index in [1.807, 2.05) is 46.8 Å². The Kier molecular flexibility index (Phi) is 3.79. The molecule has 0 bridgehead atoms. The van der Waals surface area contributed by atoms with E-state index < -0.39 is 0 Å². The van der Waals surface area contributed by atoms with Crippen molar-refractivity contribution in [3.8, 4) is 0 Å². The van der Waals surface area contributed by atoms with Crippen LogP contribution in [0.3, 0.4) is 0 Å². The van der Waals surface area contributed by atoms with Gasteiger partial charge in [-0.3, -0.25) is 9.78 Å². The van der Waals surface area contributed by atoms with Crippen LogP contribution in [0.25, 0.3) is 10.2 Å². The van der Waals surface area contributed by atoms with Gasteiger partial charge in [0.15, 0.2) is 0 Å². The Morgan fingerprint density at radius 1 is 1.17 bits per heavy atom. The van der Waals surface area contributed by atoms with Crippen molar-refractivity contribution in [3.05, 3.63) is 59.4 Å². The van der Waals surface area contributed by atoms with Crippen molar-refractivity contribution in [1.82, 2.24) is 14.9 Å². The molecule has 0 unspecified atom stereocenters. The highest BCUT2D eigenvalue weighted by Crippen LogP contribution is 2.31. The standard InChI is InChI=1S/C18H17N3OS/c22-18(13-7-8-15-17(11-13)23-12-20-15)21-10-4-2-6-16(21)14-5-1-3-9-19-14/h1,3,5,7-9,11-12,16H,2,4,6,10H2/t16-/m0/s1. The molecule has 5 heteroatoms. The van der Waals surface area contributed by atoms with Gasteiger partial charge in [-0.2, -0.15) is 0 Å². The van der Waals surface area contributed by atoms with Crippen LogP contribution in [0, 0.1) is 0 Å². The van der Waals surface area contributed by atoms with Gasteiger partial charge in [0.05, 0.1) is 27.5 Å². The number of likely N-dealkylation sites (tertiary alicyclic amines) is 1. The topological polar surface area (TPSA) is 46.1 Å². The molecule has 4 nitrogen and oxygen atoms in total. The number of nitrogens with zero attached hydrogens (tertiary/aromatic N) is 3. The van der Waals surface area contributed by atoms with Gasteiger partial charge in [0.2, 0.25) is 0 Å². The zero-order valence-electron chi connectivity index (χ0n) is 12.7. The predicted octanol–water partition coefficient (Wildman–Crippen LogP) is 4.06. The number of hydrogen-bond donors (Lipinski definition) is 0. The van der Waals surface area contributed by atoms with E-state index in [4.69, 9.17) is 0 Å². The number of amides is 1. The Balaban J connectivity index is 1.67. The third-order valence-electron chi connectivity index (χ3n) is 4.37.